The molecule has 1 saturated heterocycles. The molecule has 3 aliphatic heterocycles. The van der Waals surface area contributed by atoms with Crippen LogP contribution < -0.4 is 10.1 Å². The second-order valence-electron chi connectivity index (χ2n) is 9.06. The number of likely N-dealkylation sites (tertiary alicyclic amines) is 1. The molecule has 1 amide bonds. The Morgan fingerprint density at radius 2 is 2.18 bits per heavy atom. The minimum Gasteiger partial charge on any atom is -0.492 e. The van der Waals surface area contributed by atoms with E-state index in [1.807, 2.05) is 24.3 Å². The van der Waals surface area contributed by atoms with Gasteiger partial charge in [0.25, 0.3) is 11.8 Å². The van der Waals surface area contributed by atoms with E-state index < -0.39 is 24.9 Å². The highest BCUT2D eigenvalue weighted by molar-refractivity contribution is 5.99. The van der Waals surface area contributed by atoms with Crippen LogP contribution in [0.2, 0.25) is 0 Å². The van der Waals surface area contributed by atoms with E-state index in [-0.39, 0.29) is 18.9 Å². The summed E-state index contributed by atoms with van der Waals surface area (Å²) in [5.41, 5.74) is 2.53. The lowest BCUT2D eigenvalue weighted by Gasteiger charge is -2.44. The number of ether oxygens (including phenoxy) is 1. The second kappa shape index (κ2) is 7.12. The van der Waals surface area contributed by atoms with Crippen molar-refractivity contribution >= 4 is 5.91 Å². The van der Waals surface area contributed by atoms with Crippen molar-refractivity contribution in [3.8, 4) is 16.9 Å². The summed E-state index contributed by atoms with van der Waals surface area (Å²) < 4.78 is 60.8. The number of aromatic nitrogens is 2. The van der Waals surface area contributed by atoms with Crippen molar-refractivity contribution in [2.24, 2.45) is 6.98 Å². The molecule has 0 aliphatic carbocycles. The van der Waals surface area contributed by atoms with E-state index in [4.69, 9.17) is 8.85 Å². The Morgan fingerprint density at radius 3 is 3.00 bits per heavy atom. The molecular formula is C25H24F2N4O2. The quantitative estimate of drug-likeness (QED) is 0.660. The van der Waals surface area contributed by atoms with Gasteiger partial charge in [-0.05, 0) is 36.2 Å². The number of aryl methyl sites for hydroxylation is 1. The summed E-state index contributed by atoms with van der Waals surface area (Å²) in [5, 5.41) is 6.66. The standard InChI is InChI=1S/C25H24F2N4O2/c1-30-13-18(10-29-30)17-4-2-3-16(9-17)12-31-8-7-24(25(26,27)14-31)15-33-22-20-11-28-23(32)19(20)5-6-21(22)24/h2-6,9-10,13H,7-8,11-12,14-15H2,1H3,(H,28,32)/i1D3. The van der Waals surface area contributed by atoms with Crippen molar-refractivity contribution < 1.29 is 22.4 Å². The second-order valence-corrected chi connectivity index (χ2v) is 9.06. The Bertz CT molecular complexity index is 1370. The van der Waals surface area contributed by atoms with Crippen LogP contribution in [0.1, 0.15) is 37.6 Å². The van der Waals surface area contributed by atoms with Gasteiger partial charge in [0.1, 0.15) is 12.4 Å². The maximum atomic E-state index is 15.8. The van der Waals surface area contributed by atoms with Crippen LogP contribution in [0.15, 0.2) is 48.8 Å². The van der Waals surface area contributed by atoms with Crippen molar-refractivity contribution in [3.63, 3.8) is 0 Å². The molecule has 2 aromatic carbocycles. The number of carbonyl (C=O) groups is 1. The van der Waals surface area contributed by atoms with Crippen LogP contribution in [0.25, 0.3) is 11.1 Å². The molecule has 33 heavy (non-hydrogen) atoms. The van der Waals surface area contributed by atoms with E-state index in [0.29, 0.717) is 47.6 Å². The zero-order valence-electron chi connectivity index (χ0n) is 20.8. The van der Waals surface area contributed by atoms with E-state index in [9.17, 15) is 4.79 Å². The Morgan fingerprint density at radius 1 is 1.27 bits per heavy atom. The number of hydrogen-bond acceptors (Lipinski definition) is 4. The first-order chi connectivity index (χ1) is 17.1. The van der Waals surface area contributed by atoms with Crippen LogP contribution in [0, 0.1) is 0 Å². The Balaban J connectivity index is 1.22. The van der Waals surface area contributed by atoms with Gasteiger partial charge in [-0.15, -0.1) is 0 Å². The zero-order chi connectivity index (χ0) is 25.3. The number of benzene rings is 2. The first-order valence-electron chi connectivity index (χ1n) is 12.4. The largest absolute Gasteiger partial charge is 0.492 e. The fourth-order valence-electron chi connectivity index (χ4n) is 5.36. The lowest BCUT2D eigenvalue weighted by Crippen LogP contribution is -2.58. The SMILES string of the molecule is [2H]C([2H])([2H])n1cc(-c2cccc(CN3CCC4(COc5c4ccc4c5CNC4=O)C(F)(F)C3)c2)cn1. The van der Waals surface area contributed by atoms with Crippen molar-refractivity contribution in [1.82, 2.24) is 20.0 Å². The predicted molar refractivity (Wildman–Crippen MR) is 118 cm³/mol. The maximum Gasteiger partial charge on any atom is 0.273 e. The minimum atomic E-state index is -3.03. The van der Waals surface area contributed by atoms with Crippen molar-refractivity contribution in [2.45, 2.75) is 30.8 Å². The van der Waals surface area contributed by atoms with Crippen LogP contribution in [-0.2, 0) is 25.5 Å². The highest BCUT2D eigenvalue weighted by Gasteiger charge is 2.62. The lowest BCUT2D eigenvalue weighted by atomic mass is 9.71. The summed E-state index contributed by atoms with van der Waals surface area (Å²) in [7, 11) is 0. The maximum absolute atomic E-state index is 15.8. The molecule has 6 nitrogen and oxygen atoms in total. The first-order valence-corrected chi connectivity index (χ1v) is 10.9. The zero-order valence-corrected chi connectivity index (χ0v) is 17.8. The summed E-state index contributed by atoms with van der Waals surface area (Å²) >= 11 is 0. The van der Waals surface area contributed by atoms with Gasteiger partial charge in [0.15, 0.2) is 0 Å². The third kappa shape index (κ3) is 3.08. The number of carbonyl (C=O) groups excluding carboxylic acids is 1. The molecule has 6 rings (SSSR count). The molecule has 1 spiro atoms. The molecule has 0 radical (unpaired) electrons. The number of rotatable bonds is 3. The Hall–Kier alpha value is -3.26. The number of hydrogen-bond donors (Lipinski definition) is 1. The molecule has 3 aromatic rings. The monoisotopic (exact) mass is 453 g/mol. The molecular weight excluding hydrogens is 426 g/mol. The van der Waals surface area contributed by atoms with Gasteiger partial charge in [-0.2, -0.15) is 5.10 Å². The summed E-state index contributed by atoms with van der Waals surface area (Å²) in [6.45, 7) is -1.77. The van der Waals surface area contributed by atoms with Crippen molar-refractivity contribution in [1.29, 1.82) is 0 Å². The third-order valence-electron chi connectivity index (χ3n) is 7.14. The van der Waals surface area contributed by atoms with Crippen LogP contribution in [0.4, 0.5) is 8.78 Å². The van der Waals surface area contributed by atoms with E-state index >= 15 is 8.78 Å². The molecule has 8 heteroatoms. The third-order valence-corrected chi connectivity index (χ3v) is 7.14. The average Bonchev–Trinajstić information content (AvgIpc) is 3.54. The molecule has 0 bridgehead atoms. The number of piperidine rings is 1. The van der Waals surface area contributed by atoms with Crippen LogP contribution in [0.3, 0.4) is 0 Å². The Kier molecular flexibility index (Phi) is 3.72. The molecule has 1 unspecified atom stereocenters. The van der Waals surface area contributed by atoms with E-state index in [0.717, 1.165) is 15.8 Å². The average molecular weight is 454 g/mol. The smallest absolute Gasteiger partial charge is 0.273 e. The summed E-state index contributed by atoms with van der Waals surface area (Å²) in [6.07, 6.45) is 3.18. The fourth-order valence-corrected chi connectivity index (χ4v) is 5.36. The van der Waals surface area contributed by atoms with Crippen LogP contribution in [-0.4, -0.2) is 46.2 Å². The van der Waals surface area contributed by atoms with Gasteiger partial charge < -0.3 is 10.1 Å². The number of amides is 1. The van der Waals surface area contributed by atoms with Gasteiger partial charge in [0, 0.05) is 52.6 Å². The van der Waals surface area contributed by atoms with Crippen LogP contribution >= 0.6 is 0 Å². The number of nitrogens with zero attached hydrogens (tertiary/aromatic N) is 3. The van der Waals surface area contributed by atoms with E-state index in [1.54, 1.807) is 17.0 Å². The molecule has 1 aromatic heterocycles. The highest BCUT2D eigenvalue weighted by atomic mass is 19.3. The molecule has 0 saturated carbocycles. The number of alkyl halides is 2. The van der Waals surface area contributed by atoms with Gasteiger partial charge >= 0.3 is 0 Å². The van der Waals surface area contributed by atoms with E-state index in [2.05, 4.69) is 10.4 Å². The lowest BCUT2D eigenvalue weighted by molar-refractivity contribution is -0.135. The summed E-state index contributed by atoms with van der Waals surface area (Å²) in [4.78, 5) is 13.7. The molecule has 4 heterocycles. The van der Waals surface area contributed by atoms with Crippen molar-refractivity contribution in [2.75, 3.05) is 19.7 Å². The molecule has 1 atom stereocenters. The Labute approximate surface area is 194 Å². The van der Waals surface area contributed by atoms with E-state index in [1.165, 1.54) is 12.4 Å². The predicted octanol–water partition coefficient (Wildman–Crippen LogP) is 3.50. The molecule has 1 N–H and O–H groups in total. The van der Waals surface area contributed by atoms with Gasteiger partial charge in [0.2, 0.25) is 0 Å². The summed E-state index contributed by atoms with van der Waals surface area (Å²) in [5.74, 6) is -2.80. The van der Waals surface area contributed by atoms with Gasteiger partial charge in [-0.1, -0.05) is 24.3 Å². The summed E-state index contributed by atoms with van der Waals surface area (Å²) in [6, 6.07) is 10.7. The van der Waals surface area contributed by atoms with Gasteiger partial charge in [-0.25, -0.2) is 8.78 Å². The highest BCUT2D eigenvalue weighted by Crippen LogP contribution is 2.54. The molecule has 170 valence electrons. The van der Waals surface area contributed by atoms with Gasteiger partial charge in [0.05, 0.1) is 18.2 Å². The number of nitrogens with one attached hydrogen (secondary N) is 1. The molecule has 1 fully saturated rings. The van der Waals surface area contributed by atoms with Crippen LogP contribution in [0.5, 0.6) is 5.75 Å². The van der Waals surface area contributed by atoms with Crippen molar-refractivity contribution in [3.05, 3.63) is 71.0 Å². The van der Waals surface area contributed by atoms with Gasteiger partial charge in [-0.3, -0.25) is 14.4 Å². The fraction of sp³-hybridized carbons (Fsp3) is 0.360. The normalized spacial score (nSPS) is 25.0. The topological polar surface area (TPSA) is 59.4 Å². The number of halogens is 2. The minimum absolute atomic E-state index is 0.100. The number of fused-ring (bicyclic) bond motifs is 4. The molecule has 3 aliphatic rings. The first kappa shape index (κ1) is 17.2.